The van der Waals surface area contributed by atoms with Gasteiger partial charge in [-0.3, -0.25) is 4.79 Å². The molecule has 1 aliphatic heterocycles. The first-order valence-corrected chi connectivity index (χ1v) is 8.20. The zero-order chi connectivity index (χ0) is 17.1. The van der Waals surface area contributed by atoms with Gasteiger partial charge in [-0.15, -0.1) is 0 Å². The number of nitrogens with zero attached hydrogens (tertiary/aromatic N) is 3. The summed E-state index contributed by atoms with van der Waals surface area (Å²) < 4.78 is 5.57. The maximum Gasteiger partial charge on any atom is 0.258 e. The molecule has 1 atom stereocenters. The second-order valence-corrected chi connectivity index (χ2v) is 6.08. The van der Waals surface area contributed by atoms with E-state index < -0.39 is 12.0 Å². The maximum absolute atomic E-state index is 11.2. The first-order valence-electron chi connectivity index (χ1n) is 8.20. The summed E-state index contributed by atoms with van der Waals surface area (Å²) in [6.45, 7) is 5.61. The summed E-state index contributed by atoms with van der Waals surface area (Å²) in [7, 11) is 0. The second-order valence-electron chi connectivity index (χ2n) is 6.08. The highest BCUT2D eigenvalue weighted by molar-refractivity contribution is 5.78. The van der Waals surface area contributed by atoms with Crippen LogP contribution in [0.1, 0.15) is 25.5 Å². The number of rotatable bonds is 5. The predicted molar refractivity (Wildman–Crippen MR) is 92.9 cm³/mol. The molecule has 3 rings (SSSR count). The summed E-state index contributed by atoms with van der Waals surface area (Å²) in [4.78, 5) is 22.6. The number of carbonyl (C=O) groups excluding carboxylic acids is 1. The second kappa shape index (κ2) is 6.86. The Bertz CT molecular complexity index is 742. The highest BCUT2D eigenvalue weighted by Gasteiger charge is 2.17. The monoisotopic (exact) mass is 326 g/mol. The molecule has 1 aromatic heterocycles. The largest absolute Gasteiger partial charge is 0.481 e. The molecule has 126 valence electrons. The van der Waals surface area contributed by atoms with E-state index in [1.54, 1.807) is 13.0 Å². The van der Waals surface area contributed by atoms with Gasteiger partial charge in [0.2, 0.25) is 5.95 Å². The van der Waals surface area contributed by atoms with Gasteiger partial charge >= 0.3 is 0 Å². The van der Waals surface area contributed by atoms with Crippen LogP contribution >= 0.6 is 0 Å². The number of benzene rings is 1. The average Bonchev–Trinajstić information content (AvgIpc) is 3.09. The number of hydrogen-bond donors (Lipinski definition) is 1. The molecular formula is C18H22N4O2. The van der Waals surface area contributed by atoms with Crippen molar-refractivity contribution in [3.63, 3.8) is 0 Å². The van der Waals surface area contributed by atoms with Gasteiger partial charge in [-0.05, 0) is 44.9 Å². The fraction of sp³-hybridized carbons (Fsp3) is 0.389. The molecule has 2 N–H and O–H groups in total. The van der Waals surface area contributed by atoms with E-state index in [2.05, 4.69) is 9.88 Å². The molecule has 2 heterocycles. The summed E-state index contributed by atoms with van der Waals surface area (Å²) in [6, 6.07) is 9.48. The number of aryl methyl sites for hydroxylation is 1. The molecular weight excluding hydrogens is 304 g/mol. The SMILES string of the molecule is Cc1cc(-c2cccc(OC(C)C(N)=O)c2)nc(N2CCCC2)n1. The number of carbonyl (C=O) groups is 1. The summed E-state index contributed by atoms with van der Waals surface area (Å²) in [5.74, 6) is 0.881. The molecule has 2 aromatic rings. The van der Waals surface area contributed by atoms with Crippen LogP contribution in [-0.4, -0.2) is 35.1 Å². The fourth-order valence-corrected chi connectivity index (χ4v) is 2.75. The molecule has 0 aliphatic carbocycles. The average molecular weight is 326 g/mol. The first-order chi connectivity index (χ1) is 11.5. The normalized spacial score (nSPS) is 15.3. The Balaban J connectivity index is 1.89. The van der Waals surface area contributed by atoms with E-state index in [1.165, 1.54) is 12.8 Å². The Labute approximate surface area is 141 Å². The van der Waals surface area contributed by atoms with Gasteiger partial charge in [-0.25, -0.2) is 9.97 Å². The highest BCUT2D eigenvalue weighted by atomic mass is 16.5. The van der Waals surface area contributed by atoms with Crippen molar-refractivity contribution in [2.75, 3.05) is 18.0 Å². The Morgan fingerprint density at radius 2 is 2.00 bits per heavy atom. The summed E-state index contributed by atoms with van der Waals surface area (Å²) in [5, 5.41) is 0. The van der Waals surface area contributed by atoms with Crippen LogP contribution in [-0.2, 0) is 4.79 Å². The standard InChI is InChI=1S/C18H22N4O2/c1-12-10-16(21-18(20-12)22-8-3-4-9-22)14-6-5-7-15(11-14)24-13(2)17(19)23/h5-7,10-11,13H,3-4,8-9H2,1-2H3,(H2,19,23). The predicted octanol–water partition coefficient (Wildman–Crippen LogP) is 2.30. The number of aromatic nitrogens is 2. The lowest BCUT2D eigenvalue weighted by Gasteiger charge is -2.17. The smallest absolute Gasteiger partial charge is 0.258 e. The Morgan fingerprint density at radius 3 is 2.71 bits per heavy atom. The molecule has 0 spiro atoms. The van der Waals surface area contributed by atoms with Crippen LogP contribution in [0.25, 0.3) is 11.3 Å². The van der Waals surface area contributed by atoms with Crippen molar-refractivity contribution in [3.8, 4) is 17.0 Å². The van der Waals surface area contributed by atoms with Gasteiger partial charge in [-0.1, -0.05) is 12.1 Å². The number of hydrogen-bond acceptors (Lipinski definition) is 5. The molecule has 1 saturated heterocycles. The van der Waals surface area contributed by atoms with Crippen LogP contribution in [0.15, 0.2) is 30.3 Å². The van der Waals surface area contributed by atoms with Gasteiger partial charge in [0, 0.05) is 24.3 Å². The third kappa shape index (κ3) is 3.64. The lowest BCUT2D eigenvalue weighted by Crippen LogP contribution is -2.30. The molecule has 0 saturated carbocycles. The topological polar surface area (TPSA) is 81.3 Å². The van der Waals surface area contributed by atoms with E-state index in [-0.39, 0.29) is 0 Å². The van der Waals surface area contributed by atoms with Crippen LogP contribution in [0.5, 0.6) is 5.75 Å². The van der Waals surface area contributed by atoms with Crippen LogP contribution < -0.4 is 15.4 Å². The van der Waals surface area contributed by atoms with Crippen LogP contribution in [0.4, 0.5) is 5.95 Å². The maximum atomic E-state index is 11.2. The van der Waals surface area contributed by atoms with E-state index in [1.807, 2.05) is 31.2 Å². The van der Waals surface area contributed by atoms with Crippen molar-refractivity contribution in [1.82, 2.24) is 9.97 Å². The van der Waals surface area contributed by atoms with Crippen LogP contribution in [0.2, 0.25) is 0 Å². The molecule has 1 amide bonds. The Hall–Kier alpha value is -2.63. The summed E-state index contributed by atoms with van der Waals surface area (Å²) in [5.41, 5.74) is 7.96. The molecule has 1 unspecified atom stereocenters. The lowest BCUT2D eigenvalue weighted by molar-refractivity contribution is -0.123. The van der Waals surface area contributed by atoms with Crippen LogP contribution in [0.3, 0.4) is 0 Å². The Morgan fingerprint density at radius 1 is 1.25 bits per heavy atom. The fourth-order valence-electron chi connectivity index (χ4n) is 2.75. The zero-order valence-electron chi connectivity index (χ0n) is 14.0. The lowest BCUT2D eigenvalue weighted by atomic mass is 10.1. The van der Waals surface area contributed by atoms with Crippen molar-refractivity contribution < 1.29 is 9.53 Å². The number of anilines is 1. The van der Waals surface area contributed by atoms with Crippen molar-refractivity contribution in [2.45, 2.75) is 32.8 Å². The molecule has 1 aromatic carbocycles. The number of ether oxygens (including phenoxy) is 1. The number of primary amides is 1. The van der Waals surface area contributed by atoms with E-state index in [4.69, 9.17) is 15.5 Å². The van der Waals surface area contributed by atoms with Gasteiger partial charge in [0.15, 0.2) is 6.10 Å². The van der Waals surface area contributed by atoms with E-state index in [0.717, 1.165) is 36.0 Å². The summed E-state index contributed by atoms with van der Waals surface area (Å²) in [6.07, 6.45) is 1.69. The van der Waals surface area contributed by atoms with E-state index >= 15 is 0 Å². The molecule has 24 heavy (non-hydrogen) atoms. The number of amides is 1. The quantitative estimate of drug-likeness (QED) is 0.912. The Kier molecular flexibility index (Phi) is 4.64. The van der Waals surface area contributed by atoms with E-state index in [0.29, 0.717) is 5.75 Å². The first kappa shape index (κ1) is 16.2. The van der Waals surface area contributed by atoms with Crippen molar-refractivity contribution >= 4 is 11.9 Å². The van der Waals surface area contributed by atoms with E-state index in [9.17, 15) is 4.79 Å². The molecule has 6 heteroatoms. The third-order valence-electron chi connectivity index (χ3n) is 4.07. The van der Waals surface area contributed by atoms with Gasteiger partial charge in [0.05, 0.1) is 5.69 Å². The minimum Gasteiger partial charge on any atom is -0.481 e. The van der Waals surface area contributed by atoms with Crippen molar-refractivity contribution in [2.24, 2.45) is 5.73 Å². The van der Waals surface area contributed by atoms with Gasteiger partial charge in [0.25, 0.3) is 5.91 Å². The zero-order valence-corrected chi connectivity index (χ0v) is 14.0. The van der Waals surface area contributed by atoms with Crippen LogP contribution in [0, 0.1) is 6.92 Å². The van der Waals surface area contributed by atoms with Gasteiger partial charge in [-0.2, -0.15) is 0 Å². The molecule has 6 nitrogen and oxygen atoms in total. The highest BCUT2D eigenvalue weighted by Crippen LogP contribution is 2.26. The van der Waals surface area contributed by atoms with Crippen molar-refractivity contribution in [3.05, 3.63) is 36.0 Å². The molecule has 1 fully saturated rings. The third-order valence-corrected chi connectivity index (χ3v) is 4.07. The number of nitrogens with two attached hydrogens (primary N) is 1. The summed E-state index contributed by atoms with van der Waals surface area (Å²) >= 11 is 0. The molecule has 1 aliphatic rings. The van der Waals surface area contributed by atoms with Crippen molar-refractivity contribution in [1.29, 1.82) is 0 Å². The minimum absolute atomic E-state index is 0.491. The molecule has 0 radical (unpaired) electrons. The minimum atomic E-state index is -0.674. The van der Waals surface area contributed by atoms with Gasteiger partial charge < -0.3 is 15.4 Å². The molecule has 0 bridgehead atoms. The van der Waals surface area contributed by atoms with Gasteiger partial charge in [0.1, 0.15) is 5.75 Å².